The van der Waals surface area contributed by atoms with E-state index in [0.29, 0.717) is 66.1 Å². The van der Waals surface area contributed by atoms with Crippen LogP contribution in [0.4, 0.5) is 0 Å². The lowest BCUT2D eigenvalue weighted by Crippen LogP contribution is -2.14. The fraction of sp³-hybridized carbons (Fsp3) is 1.00. The van der Waals surface area contributed by atoms with E-state index in [1.54, 1.807) is 0 Å². The molecule has 39 heavy (non-hydrogen) atoms. The second-order valence-electron chi connectivity index (χ2n) is 10.7. The molecule has 0 atom stereocenters. The normalized spacial score (nSPS) is 11.5. The van der Waals surface area contributed by atoms with Crippen LogP contribution >= 0.6 is 0 Å². The van der Waals surface area contributed by atoms with Crippen molar-refractivity contribution in [2.45, 2.75) is 136 Å². The van der Waals surface area contributed by atoms with Crippen LogP contribution in [-0.2, 0) is 28.4 Å². The summed E-state index contributed by atoms with van der Waals surface area (Å²) in [5.74, 6) is 0. The highest BCUT2D eigenvalue weighted by molar-refractivity contribution is 4.49. The van der Waals surface area contributed by atoms with Crippen molar-refractivity contribution >= 4 is 0 Å². The van der Waals surface area contributed by atoms with Gasteiger partial charge in [0.2, 0.25) is 0 Å². The van der Waals surface area contributed by atoms with Gasteiger partial charge in [0.15, 0.2) is 0 Å². The summed E-state index contributed by atoms with van der Waals surface area (Å²) < 4.78 is 33.4. The number of ether oxygens (including phenoxy) is 6. The Bertz CT molecular complexity index is 374. The van der Waals surface area contributed by atoms with Gasteiger partial charge in [0.1, 0.15) is 0 Å². The first-order valence-corrected chi connectivity index (χ1v) is 16.9. The van der Waals surface area contributed by atoms with Gasteiger partial charge < -0.3 is 28.4 Å². The van der Waals surface area contributed by atoms with Crippen molar-refractivity contribution in [2.75, 3.05) is 79.3 Å². The lowest BCUT2D eigenvalue weighted by molar-refractivity contribution is -0.0169. The number of hydrogen-bond donors (Lipinski definition) is 0. The van der Waals surface area contributed by atoms with Crippen LogP contribution in [0.1, 0.15) is 136 Å². The molecule has 6 heteroatoms. The van der Waals surface area contributed by atoms with E-state index in [-0.39, 0.29) is 0 Å². The van der Waals surface area contributed by atoms with Crippen molar-refractivity contribution in [2.24, 2.45) is 0 Å². The zero-order chi connectivity index (χ0) is 28.2. The van der Waals surface area contributed by atoms with E-state index in [4.69, 9.17) is 28.4 Å². The Morgan fingerprint density at radius 3 is 0.615 bits per heavy atom. The molecule has 0 aliphatic carbocycles. The Balaban J connectivity index is 3.01. The molecule has 0 heterocycles. The summed E-state index contributed by atoms with van der Waals surface area (Å²) >= 11 is 0. The summed E-state index contributed by atoms with van der Waals surface area (Å²) in [6.45, 7) is 12.4. The Morgan fingerprint density at radius 1 is 0.205 bits per heavy atom. The quantitative estimate of drug-likeness (QED) is 0.0716. The number of rotatable bonds is 36. The van der Waals surface area contributed by atoms with Gasteiger partial charge >= 0.3 is 0 Å². The summed E-state index contributed by atoms with van der Waals surface area (Å²) in [7, 11) is 0. The third kappa shape index (κ3) is 37.8. The van der Waals surface area contributed by atoms with Gasteiger partial charge in [-0.05, 0) is 12.8 Å². The second kappa shape index (κ2) is 37.8. The van der Waals surface area contributed by atoms with Gasteiger partial charge in [-0.1, -0.05) is 123 Å². The molecule has 0 aliphatic heterocycles. The van der Waals surface area contributed by atoms with Crippen molar-refractivity contribution in [1.82, 2.24) is 0 Å². The molecular weight excluding hydrogens is 492 g/mol. The van der Waals surface area contributed by atoms with Crippen LogP contribution in [-0.4, -0.2) is 79.3 Å². The monoisotopic (exact) mass is 561 g/mol. The molecule has 0 N–H and O–H groups in total. The molecule has 0 rings (SSSR count). The molecular formula is C33H68O6. The van der Waals surface area contributed by atoms with E-state index < -0.39 is 0 Å². The largest absolute Gasteiger partial charge is 0.379 e. The van der Waals surface area contributed by atoms with E-state index in [1.165, 1.54) is 116 Å². The van der Waals surface area contributed by atoms with Crippen LogP contribution in [0.5, 0.6) is 0 Å². The molecule has 0 aliphatic rings. The molecule has 0 amide bonds. The zero-order valence-corrected chi connectivity index (χ0v) is 26.4. The molecule has 0 radical (unpaired) electrons. The van der Waals surface area contributed by atoms with Crippen molar-refractivity contribution < 1.29 is 28.4 Å². The molecule has 0 aromatic carbocycles. The van der Waals surface area contributed by atoms with E-state index in [9.17, 15) is 0 Å². The molecule has 0 unspecified atom stereocenters. The molecule has 0 saturated heterocycles. The van der Waals surface area contributed by atoms with E-state index >= 15 is 0 Å². The molecule has 0 aromatic heterocycles. The Labute approximate surface area is 243 Å². The fourth-order valence-corrected chi connectivity index (χ4v) is 4.41. The van der Waals surface area contributed by atoms with Crippen LogP contribution in [0.15, 0.2) is 0 Å². The fourth-order valence-electron chi connectivity index (χ4n) is 4.41. The maximum absolute atomic E-state index is 5.67. The summed E-state index contributed by atoms with van der Waals surface area (Å²) in [4.78, 5) is 0. The smallest absolute Gasteiger partial charge is 0.0701 e. The Morgan fingerprint density at radius 2 is 0.385 bits per heavy atom. The molecule has 0 aromatic rings. The molecule has 0 saturated carbocycles. The summed E-state index contributed by atoms with van der Waals surface area (Å²) in [5, 5.41) is 0. The van der Waals surface area contributed by atoms with Gasteiger partial charge in [0.25, 0.3) is 0 Å². The standard InChI is InChI=1S/C33H68O6/c1-3-5-7-9-11-12-13-14-15-16-17-19-21-23-35-25-27-37-29-31-39-33-32-38-30-28-36-26-24-34-22-20-18-10-8-6-4-2/h3-33H2,1-2H3. The lowest BCUT2D eigenvalue weighted by Gasteiger charge is -2.08. The topological polar surface area (TPSA) is 55.4 Å². The molecule has 6 nitrogen and oxygen atoms in total. The number of unbranched alkanes of at least 4 members (excludes halogenated alkanes) is 17. The van der Waals surface area contributed by atoms with E-state index in [1.807, 2.05) is 0 Å². The van der Waals surface area contributed by atoms with Gasteiger partial charge in [0.05, 0.1) is 66.1 Å². The van der Waals surface area contributed by atoms with E-state index in [2.05, 4.69) is 13.8 Å². The third-order valence-electron chi connectivity index (χ3n) is 6.89. The maximum atomic E-state index is 5.67. The minimum Gasteiger partial charge on any atom is -0.379 e. The molecule has 0 spiro atoms. The predicted octanol–water partition coefficient (Wildman–Crippen LogP) is 8.54. The molecule has 0 bridgehead atoms. The van der Waals surface area contributed by atoms with Gasteiger partial charge in [0, 0.05) is 13.2 Å². The minimum absolute atomic E-state index is 0.583. The van der Waals surface area contributed by atoms with Crippen molar-refractivity contribution in [1.29, 1.82) is 0 Å². The van der Waals surface area contributed by atoms with Crippen LogP contribution in [0.2, 0.25) is 0 Å². The summed E-state index contributed by atoms with van der Waals surface area (Å²) in [6, 6.07) is 0. The maximum Gasteiger partial charge on any atom is 0.0701 e. The van der Waals surface area contributed by atoms with Crippen LogP contribution in [0.3, 0.4) is 0 Å². The van der Waals surface area contributed by atoms with Crippen LogP contribution in [0.25, 0.3) is 0 Å². The highest BCUT2D eigenvalue weighted by Gasteiger charge is 1.96. The first-order chi connectivity index (χ1) is 19.4. The first kappa shape index (κ1) is 38.8. The summed E-state index contributed by atoms with van der Waals surface area (Å²) in [5.41, 5.74) is 0. The van der Waals surface area contributed by atoms with Gasteiger partial charge in [-0.15, -0.1) is 0 Å². The summed E-state index contributed by atoms with van der Waals surface area (Å²) in [6.07, 6.45) is 25.7. The SMILES string of the molecule is CCCCCCCCCCCCCCCOCCOCCOCCOCCOCCOCCCCCCCC. The van der Waals surface area contributed by atoms with Gasteiger partial charge in [-0.2, -0.15) is 0 Å². The zero-order valence-electron chi connectivity index (χ0n) is 26.4. The van der Waals surface area contributed by atoms with Gasteiger partial charge in [-0.25, -0.2) is 0 Å². The minimum atomic E-state index is 0.583. The van der Waals surface area contributed by atoms with Crippen molar-refractivity contribution in [3.8, 4) is 0 Å². The predicted molar refractivity (Wildman–Crippen MR) is 164 cm³/mol. The first-order valence-electron chi connectivity index (χ1n) is 16.9. The highest BCUT2D eigenvalue weighted by Crippen LogP contribution is 2.12. The van der Waals surface area contributed by atoms with Crippen molar-refractivity contribution in [3.05, 3.63) is 0 Å². The van der Waals surface area contributed by atoms with Crippen molar-refractivity contribution in [3.63, 3.8) is 0 Å². The lowest BCUT2D eigenvalue weighted by atomic mass is 10.0. The third-order valence-corrected chi connectivity index (χ3v) is 6.89. The Hall–Kier alpha value is -0.240. The Kier molecular flexibility index (Phi) is 37.5. The highest BCUT2D eigenvalue weighted by atomic mass is 16.6. The second-order valence-corrected chi connectivity index (χ2v) is 10.7. The average Bonchev–Trinajstić information content (AvgIpc) is 2.95. The molecule has 236 valence electrons. The number of hydrogen-bond acceptors (Lipinski definition) is 6. The van der Waals surface area contributed by atoms with Crippen LogP contribution in [0, 0.1) is 0 Å². The van der Waals surface area contributed by atoms with Gasteiger partial charge in [-0.3, -0.25) is 0 Å². The average molecular weight is 561 g/mol. The van der Waals surface area contributed by atoms with Crippen LogP contribution < -0.4 is 0 Å². The van der Waals surface area contributed by atoms with E-state index in [0.717, 1.165) is 19.6 Å². The molecule has 0 fully saturated rings.